The number of pyridine rings is 2. The van der Waals surface area contributed by atoms with Crippen molar-refractivity contribution >= 4 is 0 Å². The minimum absolute atomic E-state index is 0.236. The van der Waals surface area contributed by atoms with Gasteiger partial charge in [-0.05, 0) is 47.5 Å². The molecule has 0 saturated heterocycles. The summed E-state index contributed by atoms with van der Waals surface area (Å²) in [4.78, 5) is 8.94. The molecule has 0 N–H and O–H groups in total. The fourth-order valence-electron chi connectivity index (χ4n) is 2.77. The van der Waals surface area contributed by atoms with Crippen LogP contribution in [0.25, 0.3) is 33.6 Å². The molecule has 2 aromatic carbocycles. The maximum Gasteiger partial charge on any atom is 0.123 e. The van der Waals surface area contributed by atoms with Crippen LogP contribution < -0.4 is 0 Å². The van der Waals surface area contributed by atoms with Crippen LogP contribution in [-0.4, -0.2) is 9.97 Å². The molecule has 0 aliphatic heterocycles. The molecule has 0 bridgehead atoms. The van der Waals surface area contributed by atoms with Crippen molar-refractivity contribution in [3.8, 4) is 33.6 Å². The molecule has 2 heterocycles. The largest absolute Gasteiger partial charge is 0.256 e. The van der Waals surface area contributed by atoms with Crippen LogP contribution in [0, 0.1) is 5.82 Å². The highest BCUT2D eigenvalue weighted by Gasteiger charge is 2.06. The summed E-state index contributed by atoms with van der Waals surface area (Å²) in [5.41, 5.74) is 5.80. The smallest absolute Gasteiger partial charge is 0.123 e. The third-order valence-electron chi connectivity index (χ3n) is 4.06. The molecule has 2 nitrogen and oxygen atoms in total. The topological polar surface area (TPSA) is 25.8 Å². The van der Waals surface area contributed by atoms with E-state index in [-0.39, 0.29) is 5.82 Å². The summed E-state index contributed by atoms with van der Waals surface area (Å²) in [7, 11) is 0. The second-order valence-corrected chi connectivity index (χ2v) is 5.73. The average Bonchev–Trinajstić information content (AvgIpc) is 2.69. The van der Waals surface area contributed by atoms with Gasteiger partial charge in [-0.3, -0.25) is 9.97 Å². The number of aromatic nitrogens is 2. The van der Waals surface area contributed by atoms with Crippen molar-refractivity contribution in [2.75, 3.05) is 0 Å². The lowest BCUT2D eigenvalue weighted by Gasteiger charge is -2.07. The van der Waals surface area contributed by atoms with E-state index in [4.69, 9.17) is 0 Å². The predicted octanol–water partition coefficient (Wildman–Crippen LogP) is 5.62. The van der Waals surface area contributed by atoms with Gasteiger partial charge in [0.2, 0.25) is 0 Å². The van der Waals surface area contributed by atoms with Crippen LogP contribution >= 0.6 is 0 Å². The molecule has 0 aliphatic rings. The molecule has 0 atom stereocenters. The number of nitrogens with zero attached hydrogens (tertiary/aromatic N) is 2. The predicted molar refractivity (Wildman–Crippen MR) is 98.3 cm³/mol. The van der Waals surface area contributed by atoms with E-state index in [0.717, 1.165) is 33.6 Å². The summed E-state index contributed by atoms with van der Waals surface area (Å²) in [6.07, 6.45) is 3.57. The standard InChI is InChI=1S/C22H15FN2/c23-20-8-6-16(7-9-20)18-10-12-25-22(14-18)19-11-13-24-21(15-19)17-4-2-1-3-5-17/h1-15H. The van der Waals surface area contributed by atoms with Gasteiger partial charge in [0.25, 0.3) is 0 Å². The van der Waals surface area contributed by atoms with Crippen molar-refractivity contribution in [1.29, 1.82) is 0 Å². The van der Waals surface area contributed by atoms with E-state index in [1.807, 2.05) is 54.6 Å². The van der Waals surface area contributed by atoms with Gasteiger partial charge in [0.05, 0.1) is 11.4 Å². The summed E-state index contributed by atoms with van der Waals surface area (Å²) in [5, 5.41) is 0. The SMILES string of the molecule is Fc1ccc(-c2ccnc(-c3ccnc(-c4ccccc4)c3)c2)cc1. The van der Waals surface area contributed by atoms with Crippen LogP contribution in [0.3, 0.4) is 0 Å². The van der Waals surface area contributed by atoms with Crippen LogP contribution in [0.2, 0.25) is 0 Å². The second-order valence-electron chi connectivity index (χ2n) is 5.73. The molecule has 25 heavy (non-hydrogen) atoms. The highest BCUT2D eigenvalue weighted by atomic mass is 19.1. The Morgan fingerprint density at radius 3 is 1.84 bits per heavy atom. The molecule has 2 aromatic heterocycles. The molecule has 0 aliphatic carbocycles. The first kappa shape index (κ1) is 15.2. The first-order valence-corrected chi connectivity index (χ1v) is 8.03. The number of hydrogen-bond acceptors (Lipinski definition) is 2. The summed E-state index contributed by atoms with van der Waals surface area (Å²) in [6.45, 7) is 0. The Labute approximate surface area is 145 Å². The molecule has 0 fully saturated rings. The first-order valence-electron chi connectivity index (χ1n) is 8.03. The maximum atomic E-state index is 13.1. The molecular formula is C22H15FN2. The molecule has 0 spiro atoms. The van der Waals surface area contributed by atoms with E-state index < -0.39 is 0 Å². The Kier molecular flexibility index (Phi) is 4.05. The third-order valence-corrected chi connectivity index (χ3v) is 4.06. The number of rotatable bonds is 3. The van der Waals surface area contributed by atoms with Crippen molar-refractivity contribution in [2.45, 2.75) is 0 Å². The average molecular weight is 326 g/mol. The quantitative estimate of drug-likeness (QED) is 0.488. The van der Waals surface area contributed by atoms with E-state index in [9.17, 15) is 4.39 Å². The lowest BCUT2D eigenvalue weighted by atomic mass is 10.0. The van der Waals surface area contributed by atoms with Crippen LogP contribution in [0.4, 0.5) is 4.39 Å². The number of hydrogen-bond donors (Lipinski definition) is 0. The van der Waals surface area contributed by atoms with Gasteiger partial charge in [-0.25, -0.2) is 4.39 Å². The van der Waals surface area contributed by atoms with Gasteiger partial charge in [-0.2, -0.15) is 0 Å². The first-order chi connectivity index (χ1) is 12.3. The normalized spacial score (nSPS) is 10.6. The van der Waals surface area contributed by atoms with Gasteiger partial charge in [-0.15, -0.1) is 0 Å². The second kappa shape index (κ2) is 6.65. The monoisotopic (exact) mass is 326 g/mol. The molecular weight excluding hydrogens is 311 g/mol. The minimum atomic E-state index is -0.236. The molecule has 0 amide bonds. The van der Waals surface area contributed by atoms with Gasteiger partial charge in [0.1, 0.15) is 5.82 Å². The number of benzene rings is 2. The molecule has 4 rings (SSSR count). The summed E-state index contributed by atoms with van der Waals surface area (Å²) in [5.74, 6) is -0.236. The van der Waals surface area contributed by atoms with Gasteiger partial charge in [-0.1, -0.05) is 42.5 Å². The molecule has 3 heteroatoms. The van der Waals surface area contributed by atoms with Crippen LogP contribution in [0.15, 0.2) is 91.3 Å². The summed E-state index contributed by atoms with van der Waals surface area (Å²) >= 11 is 0. The zero-order valence-electron chi connectivity index (χ0n) is 13.4. The van der Waals surface area contributed by atoms with Crippen molar-refractivity contribution in [3.05, 3.63) is 97.1 Å². The lowest BCUT2D eigenvalue weighted by molar-refractivity contribution is 0.628. The molecule has 120 valence electrons. The van der Waals surface area contributed by atoms with Gasteiger partial charge in [0.15, 0.2) is 0 Å². The highest BCUT2D eigenvalue weighted by Crippen LogP contribution is 2.27. The van der Waals surface area contributed by atoms with Crippen LogP contribution in [-0.2, 0) is 0 Å². The molecule has 0 unspecified atom stereocenters. The molecule has 0 saturated carbocycles. The Morgan fingerprint density at radius 1 is 0.520 bits per heavy atom. The van der Waals surface area contributed by atoms with E-state index in [0.29, 0.717) is 0 Å². The zero-order chi connectivity index (χ0) is 17.1. The highest BCUT2D eigenvalue weighted by molar-refractivity contribution is 5.73. The zero-order valence-corrected chi connectivity index (χ0v) is 13.4. The van der Waals surface area contributed by atoms with E-state index in [1.54, 1.807) is 24.5 Å². The van der Waals surface area contributed by atoms with Crippen molar-refractivity contribution in [2.24, 2.45) is 0 Å². The van der Waals surface area contributed by atoms with Crippen LogP contribution in [0.1, 0.15) is 0 Å². The minimum Gasteiger partial charge on any atom is -0.256 e. The summed E-state index contributed by atoms with van der Waals surface area (Å²) in [6, 6.07) is 24.5. The van der Waals surface area contributed by atoms with Crippen LogP contribution in [0.5, 0.6) is 0 Å². The van der Waals surface area contributed by atoms with E-state index in [2.05, 4.69) is 9.97 Å². The van der Waals surface area contributed by atoms with E-state index in [1.165, 1.54) is 12.1 Å². The fourth-order valence-corrected chi connectivity index (χ4v) is 2.77. The number of halogens is 1. The Morgan fingerprint density at radius 2 is 1.12 bits per heavy atom. The Bertz CT molecular complexity index is 996. The fraction of sp³-hybridized carbons (Fsp3) is 0. The Hall–Kier alpha value is -3.33. The molecule has 0 radical (unpaired) electrons. The maximum absolute atomic E-state index is 13.1. The van der Waals surface area contributed by atoms with Crippen molar-refractivity contribution in [3.63, 3.8) is 0 Å². The molecule has 4 aromatic rings. The van der Waals surface area contributed by atoms with Gasteiger partial charge < -0.3 is 0 Å². The lowest BCUT2D eigenvalue weighted by Crippen LogP contribution is -1.88. The third kappa shape index (κ3) is 3.31. The summed E-state index contributed by atoms with van der Waals surface area (Å²) < 4.78 is 13.1. The van der Waals surface area contributed by atoms with Crippen molar-refractivity contribution in [1.82, 2.24) is 9.97 Å². The van der Waals surface area contributed by atoms with E-state index >= 15 is 0 Å². The Balaban J connectivity index is 1.73. The van der Waals surface area contributed by atoms with Gasteiger partial charge >= 0.3 is 0 Å². The van der Waals surface area contributed by atoms with Gasteiger partial charge in [0, 0.05) is 23.5 Å². The van der Waals surface area contributed by atoms with Crippen molar-refractivity contribution < 1.29 is 4.39 Å².